The molecule has 1 aromatic heterocycles. The van der Waals surface area contributed by atoms with Crippen LogP contribution >= 0.6 is 35.0 Å². The fourth-order valence-electron chi connectivity index (χ4n) is 1.16. The minimum atomic E-state index is 0.378. The van der Waals surface area contributed by atoms with Gasteiger partial charge in [-0.05, 0) is 12.1 Å². The van der Waals surface area contributed by atoms with Crippen LogP contribution in [0, 0.1) is 0 Å². The molecule has 0 aliphatic rings. The van der Waals surface area contributed by atoms with Crippen molar-refractivity contribution < 1.29 is 0 Å². The molecular weight excluding hydrogens is 263 g/mol. The third-order valence-electron chi connectivity index (χ3n) is 1.82. The van der Waals surface area contributed by atoms with Gasteiger partial charge in [-0.15, -0.1) is 11.8 Å². The molecule has 0 saturated heterocycles. The van der Waals surface area contributed by atoms with Crippen LogP contribution in [0.2, 0.25) is 10.3 Å². The molecular formula is C11H8Cl2N2S. The molecule has 0 spiro atoms. The third kappa shape index (κ3) is 3.37. The lowest BCUT2D eigenvalue weighted by Crippen LogP contribution is -1.92. The molecule has 0 fully saturated rings. The van der Waals surface area contributed by atoms with Crippen molar-refractivity contribution in [2.75, 3.05) is 0 Å². The van der Waals surface area contributed by atoms with Crippen LogP contribution in [-0.2, 0) is 5.75 Å². The predicted octanol–water partition coefficient (Wildman–Crippen LogP) is 4.08. The van der Waals surface area contributed by atoms with E-state index in [-0.39, 0.29) is 0 Å². The second-order valence-corrected chi connectivity index (χ2v) is 4.85. The number of benzene rings is 1. The van der Waals surface area contributed by atoms with Gasteiger partial charge in [0.1, 0.15) is 16.1 Å². The molecule has 0 unspecified atom stereocenters. The van der Waals surface area contributed by atoms with Gasteiger partial charge in [0, 0.05) is 11.0 Å². The molecule has 2 nitrogen and oxygen atoms in total. The first kappa shape index (κ1) is 11.7. The van der Waals surface area contributed by atoms with Gasteiger partial charge in [-0.2, -0.15) is 0 Å². The van der Waals surface area contributed by atoms with Crippen molar-refractivity contribution in [2.45, 2.75) is 10.6 Å². The van der Waals surface area contributed by atoms with E-state index < -0.39 is 0 Å². The molecule has 0 atom stereocenters. The molecule has 2 aromatic rings. The average molecular weight is 271 g/mol. The lowest BCUT2D eigenvalue weighted by molar-refractivity contribution is 1.03. The van der Waals surface area contributed by atoms with Crippen LogP contribution in [0.3, 0.4) is 0 Å². The van der Waals surface area contributed by atoms with Crippen molar-refractivity contribution in [3.05, 3.63) is 52.5 Å². The SMILES string of the molecule is Clc1cc(Cl)nc(CSc2ccccc2)n1. The zero-order chi connectivity index (χ0) is 11.4. The summed E-state index contributed by atoms with van der Waals surface area (Å²) in [5.41, 5.74) is 0. The van der Waals surface area contributed by atoms with Gasteiger partial charge in [-0.1, -0.05) is 41.4 Å². The maximum atomic E-state index is 5.79. The average Bonchev–Trinajstić information content (AvgIpc) is 2.27. The van der Waals surface area contributed by atoms with Crippen LogP contribution in [-0.4, -0.2) is 9.97 Å². The highest BCUT2D eigenvalue weighted by atomic mass is 35.5. The van der Waals surface area contributed by atoms with Crippen molar-refractivity contribution in [3.63, 3.8) is 0 Å². The topological polar surface area (TPSA) is 25.8 Å². The number of rotatable bonds is 3. The standard InChI is InChI=1S/C11H8Cl2N2S/c12-9-6-10(13)15-11(14-9)7-16-8-4-2-1-3-5-8/h1-6H,7H2. The second kappa shape index (κ2) is 5.53. The van der Waals surface area contributed by atoms with Crippen molar-refractivity contribution in [2.24, 2.45) is 0 Å². The Morgan fingerprint density at radius 3 is 2.25 bits per heavy atom. The van der Waals surface area contributed by atoms with E-state index in [0.717, 1.165) is 0 Å². The lowest BCUT2D eigenvalue weighted by atomic mass is 10.4. The Hall–Kier alpha value is -0.770. The summed E-state index contributed by atoms with van der Waals surface area (Å²) in [4.78, 5) is 9.36. The molecule has 16 heavy (non-hydrogen) atoms. The van der Waals surface area contributed by atoms with E-state index in [1.54, 1.807) is 11.8 Å². The Bertz CT molecular complexity index is 456. The molecule has 1 heterocycles. The van der Waals surface area contributed by atoms with E-state index >= 15 is 0 Å². The molecule has 0 bridgehead atoms. The first-order valence-corrected chi connectivity index (χ1v) is 6.35. The number of hydrogen-bond acceptors (Lipinski definition) is 3. The van der Waals surface area contributed by atoms with Gasteiger partial charge in [0.2, 0.25) is 0 Å². The zero-order valence-electron chi connectivity index (χ0n) is 8.23. The van der Waals surface area contributed by atoms with Crippen LogP contribution < -0.4 is 0 Å². The molecule has 5 heteroatoms. The minimum absolute atomic E-state index is 0.378. The second-order valence-electron chi connectivity index (χ2n) is 3.03. The summed E-state index contributed by atoms with van der Waals surface area (Å²) in [5.74, 6) is 1.30. The van der Waals surface area contributed by atoms with Gasteiger partial charge >= 0.3 is 0 Å². The molecule has 0 saturated carbocycles. The minimum Gasteiger partial charge on any atom is -0.220 e. The van der Waals surface area contributed by atoms with Crippen molar-refractivity contribution in [1.29, 1.82) is 0 Å². The van der Waals surface area contributed by atoms with Crippen molar-refractivity contribution in [3.8, 4) is 0 Å². The number of nitrogens with zero attached hydrogens (tertiary/aromatic N) is 2. The van der Waals surface area contributed by atoms with E-state index in [9.17, 15) is 0 Å². The number of halogens is 2. The van der Waals surface area contributed by atoms with Crippen LogP contribution in [0.1, 0.15) is 5.82 Å². The summed E-state index contributed by atoms with van der Waals surface area (Å²) < 4.78 is 0. The largest absolute Gasteiger partial charge is 0.220 e. The van der Waals surface area contributed by atoms with Gasteiger partial charge < -0.3 is 0 Å². The summed E-state index contributed by atoms with van der Waals surface area (Å²) in [5, 5.41) is 0.757. The number of aromatic nitrogens is 2. The van der Waals surface area contributed by atoms with E-state index in [1.165, 1.54) is 11.0 Å². The third-order valence-corrected chi connectivity index (χ3v) is 3.22. The summed E-state index contributed by atoms with van der Waals surface area (Å²) in [6, 6.07) is 11.6. The number of hydrogen-bond donors (Lipinski definition) is 0. The van der Waals surface area contributed by atoms with Crippen LogP contribution in [0.25, 0.3) is 0 Å². The zero-order valence-corrected chi connectivity index (χ0v) is 10.6. The molecule has 0 aliphatic carbocycles. The van der Waals surface area contributed by atoms with Crippen LogP contribution in [0.15, 0.2) is 41.3 Å². The molecule has 0 amide bonds. The summed E-state index contributed by atoms with van der Waals surface area (Å²) >= 11 is 13.2. The summed E-state index contributed by atoms with van der Waals surface area (Å²) in [6.45, 7) is 0. The fourth-order valence-corrected chi connectivity index (χ4v) is 2.40. The van der Waals surface area contributed by atoms with E-state index in [2.05, 4.69) is 9.97 Å². The van der Waals surface area contributed by atoms with Crippen LogP contribution in [0.5, 0.6) is 0 Å². The molecule has 1 aromatic carbocycles. The Morgan fingerprint density at radius 1 is 1.00 bits per heavy atom. The lowest BCUT2D eigenvalue weighted by Gasteiger charge is -2.01. The molecule has 0 N–H and O–H groups in total. The highest BCUT2D eigenvalue weighted by Gasteiger charge is 2.02. The van der Waals surface area contributed by atoms with Gasteiger partial charge in [0.05, 0.1) is 5.75 Å². The maximum Gasteiger partial charge on any atom is 0.142 e. The van der Waals surface area contributed by atoms with Gasteiger partial charge in [0.25, 0.3) is 0 Å². The Labute approximate surface area is 108 Å². The van der Waals surface area contributed by atoms with Crippen LogP contribution in [0.4, 0.5) is 0 Å². The highest BCUT2D eigenvalue weighted by molar-refractivity contribution is 7.98. The molecule has 0 radical (unpaired) electrons. The van der Waals surface area contributed by atoms with E-state index in [0.29, 0.717) is 21.9 Å². The summed E-state index contributed by atoms with van der Waals surface area (Å²) in [6.07, 6.45) is 0. The van der Waals surface area contributed by atoms with Gasteiger partial charge in [-0.25, -0.2) is 9.97 Å². The first-order valence-electron chi connectivity index (χ1n) is 4.61. The first-order chi connectivity index (χ1) is 7.74. The Kier molecular flexibility index (Phi) is 4.04. The quantitative estimate of drug-likeness (QED) is 0.621. The molecule has 0 aliphatic heterocycles. The van der Waals surface area contributed by atoms with Gasteiger partial charge in [-0.3, -0.25) is 0 Å². The Morgan fingerprint density at radius 2 is 1.62 bits per heavy atom. The predicted molar refractivity (Wildman–Crippen MR) is 68.1 cm³/mol. The number of thioether (sulfide) groups is 1. The van der Waals surface area contributed by atoms with Crippen molar-refractivity contribution in [1.82, 2.24) is 9.97 Å². The molecule has 82 valence electrons. The van der Waals surface area contributed by atoms with E-state index in [4.69, 9.17) is 23.2 Å². The monoisotopic (exact) mass is 270 g/mol. The van der Waals surface area contributed by atoms with Crippen molar-refractivity contribution >= 4 is 35.0 Å². The normalized spacial score (nSPS) is 10.4. The maximum absolute atomic E-state index is 5.79. The fraction of sp³-hybridized carbons (Fsp3) is 0.0909. The smallest absolute Gasteiger partial charge is 0.142 e. The van der Waals surface area contributed by atoms with Gasteiger partial charge in [0.15, 0.2) is 0 Å². The Balaban J connectivity index is 2.05. The van der Waals surface area contributed by atoms with E-state index in [1.807, 2.05) is 30.3 Å². The highest BCUT2D eigenvalue weighted by Crippen LogP contribution is 2.22. The molecule has 2 rings (SSSR count). The summed E-state index contributed by atoms with van der Waals surface area (Å²) in [7, 11) is 0.